The second kappa shape index (κ2) is 63.6. The predicted octanol–water partition coefficient (Wildman–Crippen LogP) is 19.6. The van der Waals surface area contributed by atoms with E-state index < -0.39 is 33.6 Å². The Bertz CT molecular complexity index is 4530. The number of benzene rings is 4. The molecule has 0 unspecified atom stereocenters. The van der Waals surface area contributed by atoms with E-state index in [4.69, 9.17) is 66.0 Å². The zero-order valence-electron chi connectivity index (χ0n) is 89.4. The number of para-hydroxylation sites is 1. The maximum absolute atomic E-state index is 13.5. The Morgan fingerprint density at radius 2 is 0.752 bits per heavy atom. The first-order chi connectivity index (χ1) is 70.1. The first-order valence-electron chi connectivity index (χ1n) is 55.8. The minimum Gasteiger partial charge on any atom is -0.390 e. The van der Waals surface area contributed by atoms with Gasteiger partial charge in [-0.25, -0.2) is 14.4 Å². The molecule has 13 rings (SSSR count). The number of urea groups is 3. The van der Waals surface area contributed by atoms with Crippen molar-refractivity contribution >= 4 is 81.1 Å². The van der Waals surface area contributed by atoms with Crippen LogP contribution in [0.3, 0.4) is 0 Å². The van der Waals surface area contributed by atoms with Gasteiger partial charge in [-0.15, -0.1) is 0 Å². The maximum Gasteiger partial charge on any atom is 0.317 e. The van der Waals surface area contributed by atoms with Crippen LogP contribution in [-0.2, 0) is 41.4 Å². The first-order valence-corrected chi connectivity index (χ1v) is 57.4. The molecule has 5 heterocycles. The number of pyridine rings is 1. The van der Waals surface area contributed by atoms with Crippen molar-refractivity contribution in [2.75, 3.05) is 162 Å². The van der Waals surface area contributed by atoms with Crippen LogP contribution in [0.1, 0.15) is 305 Å². The Labute approximate surface area is 890 Å². The standard InChI is InChI=1S/C31H48N4O3.2C28H46ClN3O4.C28H46ClN3O2S/c1-32-22-27(21-24-11-4-3-5-12-24)34-30(36)35-19-10-15-26(23-35)31(37,17-6-7-20-38-2)28-16-8-13-25-14-9-18-33-29(25)28;1-30-25(19-27(34)13-4-3-5-14-27)20-31-26(33)32-16-9-11-23(21-32)28(35,15-6-7-17-36-2)22-10-8-12-24(29)18-22;1-30-20-25(19-27(34)13-4-3-5-14-27)31-26(33)32-16-9-11-23(21-32)28(35,15-6-7-17-36-2)22-10-8-12-24(29)18-22;1-30-20-26(18-22-10-4-3-5-11-22)31-27(35)32-16-9-13-24(21-32)28(33,15-6-7-17-34-2)23-12-8-14-25(29)19-23/h8-9,13-14,16,18,24,26-27,32,37H,3-7,10-12,15,17,19-23H2,1-2H3,(H,34,36);2*8,10,12,18,23,25,30,34-35H,3-7,9,11,13-17,19-21H2,1-2H3,(H,31,33);8,12,14,19,22,24,26,30,33H,3-7,9-11,13,15-18,20-21H2,1-2H3,(H,31,35)/t26-,27+,31+;2*23-,25+,28-;24-,26+,28-/m1111/s1. The lowest BCUT2D eigenvalue weighted by atomic mass is 9.73. The molecule has 816 valence electrons. The molecule has 8 fully saturated rings. The number of nitrogens with one attached hydrogen (secondary N) is 8. The van der Waals surface area contributed by atoms with Crippen molar-refractivity contribution in [3.8, 4) is 0 Å². The smallest absolute Gasteiger partial charge is 0.317 e. The van der Waals surface area contributed by atoms with E-state index in [1.165, 1.54) is 83.5 Å². The van der Waals surface area contributed by atoms with Gasteiger partial charge in [-0.2, -0.15) is 0 Å². The number of halogens is 3. The molecular formula is C115H186Cl3N13O13S. The van der Waals surface area contributed by atoms with Crippen molar-refractivity contribution in [3.05, 3.63) is 147 Å². The average Bonchev–Trinajstić information content (AvgIpc) is 0.755. The Kier molecular flexibility index (Phi) is 53.0. The van der Waals surface area contributed by atoms with Gasteiger partial charge in [-0.1, -0.05) is 198 Å². The van der Waals surface area contributed by atoms with Crippen LogP contribution in [0.5, 0.6) is 0 Å². The Balaban J connectivity index is 0.000000198. The summed E-state index contributed by atoms with van der Waals surface area (Å²) in [5, 5.41) is 101. The number of carbonyl (C=O) groups excluding carboxylic acids is 3. The largest absolute Gasteiger partial charge is 0.390 e. The van der Waals surface area contributed by atoms with Crippen LogP contribution in [0, 0.1) is 35.5 Å². The van der Waals surface area contributed by atoms with E-state index in [1.807, 2.05) is 146 Å². The second-order valence-corrected chi connectivity index (χ2v) is 45.5. The van der Waals surface area contributed by atoms with Crippen molar-refractivity contribution in [2.24, 2.45) is 35.5 Å². The number of ether oxygens (including phenoxy) is 4. The molecule has 4 aromatic carbocycles. The van der Waals surface area contributed by atoms with Gasteiger partial charge in [-0.3, -0.25) is 4.98 Å². The molecular weight excluding hydrogens is 1910 g/mol. The molecule has 4 saturated carbocycles. The van der Waals surface area contributed by atoms with Gasteiger partial charge in [0, 0.05) is 213 Å². The van der Waals surface area contributed by atoms with Crippen molar-refractivity contribution < 1.29 is 64.0 Å². The highest BCUT2D eigenvalue weighted by molar-refractivity contribution is 7.80. The molecule has 0 spiro atoms. The van der Waals surface area contributed by atoms with Crippen molar-refractivity contribution in [1.82, 2.24) is 67.1 Å². The lowest BCUT2D eigenvalue weighted by Crippen LogP contribution is -2.55. The zero-order valence-corrected chi connectivity index (χ0v) is 92.5. The number of nitrogens with zero attached hydrogens (tertiary/aromatic N) is 5. The van der Waals surface area contributed by atoms with Crippen molar-refractivity contribution in [1.29, 1.82) is 0 Å². The normalized spacial score (nSPS) is 22.1. The van der Waals surface area contributed by atoms with E-state index in [0.717, 1.165) is 237 Å². The quantitative estimate of drug-likeness (QED) is 0.0127. The topological polar surface area (TPSA) is 332 Å². The van der Waals surface area contributed by atoms with Crippen LogP contribution >= 0.6 is 47.0 Å². The number of rotatable bonds is 48. The molecule has 26 nitrogen and oxygen atoms in total. The number of hydrogen-bond donors (Lipinski definition) is 14. The fourth-order valence-electron chi connectivity index (χ4n) is 24.9. The number of likely N-dealkylation sites (tertiary alicyclic amines) is 4. The van der Waals surface area contributed by atoms with Crippen LogP contribution in [0.25, 0.3) is 10.9 Å². The third kappa shape index (κ3) is 38.1. The van der Waals surface area contributed by atoms with Crippen molar-refractivity contribution in [3.63, 3.8) is 0 Å². The molecule has 145 heavy (non-hydrogen) atoms. The van der Waals surface area contributed by atoms with Gasteiger partial charge < -0.3 is 112 Å². The van der Waals surface area contributed by atoms with Crippen LogP contribution in [0.15, 0.2) is 109 Å². The molecule has 8 aliphatic rings. The summed E-state index contributed by atoms with van der Waals surface area (Å²) in [6, 6.07) is 32.9. The molecule has 4 saturated heterocycles. The zero-order chi connectivity index (χ0) is 104. The fourth-order valence-corrected chi connectivity index (χ4v) is 25.8. The summed E-state index contributed by atoms with van der Waals surface area (Å²) < 4.78 is 20.9. The fraction of sp³-hybridized carbons (Fsp3) is 0.730. The third-order valence-electron chi connectivity index (χ3n) is 33.0. The van der Waals surface area contributed by atoms with Gasteiger partial charge in [0.15, 0.2) is 5.11 Å². The number of aromatic nitrogens is 1. The number of amides is 6. The maximum atomic E-state index is 13.5. The lowest BCUT2D eigenvalue weighted by molar-refractivity contribution is -0.0568. The SMILES string of the molecule is CNC[C@H](CC1(O)CCCCC1)NC(=O)N1CCC[C@@H]([C@@](O)(CCCCOC)c2cccc(Cl)c2)C1.CNC[C@H](CC1CCCCC1)NC(=O)N1CCC[C@@H]([C@@](O)(CCCCOC)c2cccc3cccnc23)C1.CNC[C@H](CC1CCCCC1)NC(=S)N1CCC[C@@H]([C@@](O)(CCCCOC)c2cccc(Cl)c2)C1.CN[C@H](CNC(=O)N1CCC[C@@H]([C@@](O)(CCCCOC)c2cccc(Cl)c2)C1)CC1(O)CCCCC1. The van der Waals surface area contributed by atoms with E-state index in [1.54, 1.807) is 34.6 Å². The highest BCUT2D eigenvalue weighted by atomic mass is 35.5. The van der Waals surface area contributed by atoms with Crippen molar-refractivity contribution in [2.45, 2.75) is 340 Å². The number of methoxy groups -OCH3 is 4. The number of piperidine rings is 4. The molecule has 12 atom stereocenters. The monoisotopic (exact) mass is 2090 g/mol. The highest BCUT2D eigenvalue weighted by Crippen LogP contribution is 2.47. The summed E-state index contributed by atoms with van der Waals surface area (Å²) in [5.74, 6) is 1.36. The molecule has 6 amide bonds. The molecule has 1 aromatic heterocycles. The van der Waals surface area contributed by atoms with E-state index in [9.17, 15) is 45.0 Å². The minimum absolute atomic E-state index is 0.00328. The molecule has 5 aromatic rings. The number of carbonyl (C=O) groups is 3. The predicted molar refractivity (Wildman–Crippen MR) is 592 cm³/mol. The molecule has 4 aliphatic carbocycles. The summed E-state index contributed by atoms with van der Waals surface area (Å²) in [5.41, 5.74) is -1.18. The number of fused-ring (bicyclic) bond motifs is 1. The van der Waals surface area contributed by atoms with E-state index in [-0.39, 0.29) is 59.9 Å². The van der Waals surface area contributed by atoms with Crippen LogP contribution in [0.2, 0.25) is 15.1 Å². The molecule has 30 heteroatoms. The van der Waals surface area contributed by atoms with Crippen LogP contribution in [0.4, 0.5) is 14.4 Å². The van der Waals surface area contributed by atoms with Gasteiger partial charge in [0.2, 0.25) is 0 Å². The Hall–Kier alpha value is -5.90. The second-order valence-electron chi connectivity index (χ2n) is 43.8. The van der Waals surface area contributed by atoms with Gasteiger partial charge in [0.25, 0.3) is 0 Å². The van der Waals surface area contributed by atoms with Gasteiger partial charge in [-0.05, 0) is 291 Å². The Morgan fingerprint density at radius 3 is 1.15 bits per heavy atom. The van der Waals surface area contributed by atoms with Gasteiger partial charge in [0.05, 0.1) is 39.1 Å². The summed E-state index contributed by atoms with van der Waals surface area (Å²) >= 11 is 24.9. The number of unbranched alkanes of at least 4 members (excludes halogenated alkanes) is 4. The summed E-state index contributed by atoms with van der Waals surface area (Å²) in [6.07, 6.45) is 44.9. The highest BCUT2D eigenvalue weighted by Gasteiger charge is 2.48. The Morgan fingerprint density at radius 1 is 0.407 bits per heavy atom. The number of likely N-dealkylation sites (N-methyl/N-ethyl adjacent to an activating group) is 4. The van der Waals surface area contributed by atoms with Gasteiger partial charge in [0.1, 0.15) is 0 Å². The first kappa shape index (κ1) is 121. The van der Waals surface area contributed by atoms with E-state index in [0.29, 0.717) is 138 Å². The lowest BCUT2D eigenvalue weighted by Gasteiger charge is -2.44. The molecule has 0 bridgehead atoms. The average molecular weight is 2100 g/mol. The van der Waals surface area contributed by atoms with Gasteiger partial charge >= 0.3 is 18.1 Å². The summed E-state index contributed by atoms with van der Waals surface area (Å²) in [4.78, 5) is 52.6. The van der Waals surface area contributed by atoms with Crippen LogP contribution < -0.4 is 42.5 Å². The minimum atomic E-state index is -1.07. The van der Waals surface area contributed by atoms with E-state index >= 15 is 0 Å². The number of hydrogen-bond acceptors (Lipinski definition) is 19. The number of aliphatic hydroxyl groups is 6. The molecule has 4 aliphatic heterocycles. The number of thiocarbonyl (C=S) groups is 1. The van der Waals surface area contributed by atoms with E-state index in [2.05, 4.69) is 52.4 Å². The molecule has 14 N–H and O–H groups in total. The molecule has 0 radical (unpaired) electrons. The third-order valence-corrected chi connectivity index (χ3v) is 34.1. The van der Waals surface area contributed by atoms with Crippen LogP contribution in [-0.4, -0.2) is 275 Å². The summed E-state index contributed by atoms with van der Waals surface area (Å²) in [6.45, 7) is 10.8. The summed E-state index contributed by atoms with van der Waals surface area (Å²) in [7, 11) is 14.6.